The lowest BCUT2D eigenvalue weighted by atomic mass is 10.1. The second-order valence-corrected chi connectivity index (χ2v) is 4.65. The van der Waals surface area contributed by atoms with Gasteiger partial charge in [-0.3, -0.25) is 20.2 Å². The summed E-state index contributed by atoms with van der Waals surface area (Å²) in [6, 6.07) is 8.60. The fourth-order valence-corrected chi connectivity index (χ4v) is 2.11. The number of non-ortho nitro benzene ring substituents is 1. The molecule has 0 aliphatic carbocycles. The fourth-order valence-electron chi connectivity index (χ4n) is 2.11. The van der Waals surface area contributed by atoms with Gasteiger partial charge in [-0.1, -0.05) is 6.07 Å². The van der Waals surface area contributed by atoms with E-state index in [0.717, 1.165) is 27.9 Å². The predicted molar refractivity (Wildman–Crippen MR) is 74.5 cm³/mol. The molecule has 2 heterocycles. The Kier molecular flexibility index (Phi) is 2.90. The van der Waals surface area contributed by atoms with E-state index >= 15 is 0 Å². The molecule has 0 saturated heterocycles. The number of nitro benzene ring substituents is 1. The number of hydrogen-bond donors (Lipinski definition) is 1. The summed E-state index contributed by atoms with van der Waals surface area (Å²) in [4.78, 5) is 14.7. The molecule has 0 aliphatic rings. The Hall–Kier alpha value is -2.76. The van der Waals surface area contributed by atoms with E-state index in [0.29, 0.717) is 6.42 Å². The molecule has 0 aliphatic heterocycles. The lowest BCUT2D eigenvalue weighted by Gasteiger charge is -2.00. The Morgan fingerprint density at radius 3 is 2.85 bits per heavy atom. The molecule has 100 valence electrons. The van der Waals surface area contributed by atoms with Crippen molar-refractivity contribution in [1.82, 2.24) is 15.2 Å². The van der Waals surface area contributed by atoms with E-state index in [1.807, 2.05) is 19.1 Å². The van der Waals surface area contributed by atoms with E-state index in [-0.39, 0.29) is 5.69 Å². The first-order chi connectivity index (χ1) is 9.63. The van der Waals surface area contributed by atoms with Crippen molar-refractivity contribution in [2.75, 3.05) is 0 Å². The third kappa shape index (κ3) is 2.23. The molecule has 2 aromatic heterocycles. The molecular weight excluding hydrogens is 256 g/mol. The minimum absolute atomic E-state index is 0.0715. The number of H-pyrrole nitrogens is 1. The highest BCUT2D eigenvalue weighted by Gasteiger charge is 2.12. The zero-order valence-corrected chi connectivity index (χ0v) is 10.8. The van der Waals surface area contributed by atoms with Gasteiger partial charge < -0.3 is 0 Å². The van der Waals surface area contributed by atoms with E-state index in [4.69, 9.17) is 0 Å². The molecule has 0 unspecified atom stereocenters. The van der Waals surface area contributed by atoms with Crippen LogP contribution < -0.4 is 0 Å². The maximum Gasteiger partial charge on any atom is 0.270 e. The van der Waals surface area contributed by atoms with Crippen molar-refractivity contribution in [2.24, 2.45) is 0 Å². The second-order valence-electron chi connectivity index (χ2n) is 4.65. The molecule has 6 nitrogen and oxygen atoms in total. The number of pyridine rings is 1. The van der Waals surface area contributed by atoms with Crippen LogP contribution in [-0.2, 0) is 6.42 Å². The number of aromatic nitrogens is 3. The van der Waals surface area contributed by atoms with Gasteiger partial charge in [-0.25, -0.2) is 0 Å². The average Bonchev–Trinajstić information content (AvgIpc) is 2.84. The highest BCUT2D eigenvalue weighted by molar-refractivity contribution is 5.83. The summed E-state index contributed by atoms with van der Waals surface area (Å²) >= 11 is 0. The number of rotatable bonds is 3. The van der Waals surface area contributed by atoms with Crippen molar-refractivity contribution in [1.29, 1.82) is 0 Å². The van der Waals surface area contributed by atoms with Crippen LogP contribution in [0.3, 0.4) is 0 Å². The first-order valence-corrected chi connectivity index (χ1v) is 6.16. The van der Waals surface area contributed by atoms with Gasteiger partial charge in [0.05, 0.1) is 10.4 Å². The summed E-state index contributed by atoms with van der Waals surface area (Å²) in [5, 5.41) is 18.7. The third-order valence-corrected chi connectivity index (χ3v) is 3.18. The number of aryl methyl sites for hydroxylation is 1. The molecule has 3 rings (SSSR count). The highest BCUT2D eigenvalue weighted by Crippen LogP contribution is 2.23. The van der Waals surface area contributed by atoms with Crippen LogP contribution in [0.15, 0.2) is 36.5 Å². The van der Waals surface area contributed by atoms with Crippen molar-refractivity contribution < 1.29 is 4.92 Å². The Morgan fingerprint density at radius 2 is 2.15 bits per heavy atom. The second kappa shape index (κ2) is 4.73. The zero-order chi connectivity index (χ0) is 14.1. The molecule has 0 fully saturated rings. The number of hydrogen-bond acceptors (Lipinski definition) is 4. The molecule has 0 bridgehead atoms. The summed E-state index contributed by atoms with van der Waals surface area (Å²) < 4.78 is 0. The van der Waals surface area contributed by atoms with Crippen molar-refractivity contribution in [3.05, 3.63) is 63.6 Å². The van der Waals surface area contributed by atoms with Crippen LogP contribution in [0.4, 0.5) is 5.69 Å². The van der Waals surface area contributed by atoms with E-state index < -0.39 is 4.92 Å². The molecule has 0 spiro atoms. The first kappa shape index (κ1) is 12.3. The lowest BCUT2D eigenvalue weighted by Crippen LogP contribution is -1.92. The minimum atomic E-state index is -0.399. The Bertz CT molecular complexity index is 777. The number of nitrogens with zero attached hydrogens (tertiary/aromatic N) is 3. The minimum Gasteiger partial charge on any atom is -0.281 e. The number of fused-ring (bicyclic) bond motifs is 1. The maximum absolute atomic E-state index is 10.8. The summed E-state index contributed by atoms with van der Waals surface area (Å²) in [5.74, 6) is 0. The van der Waals surface area contributed by atoms with Crippen molar-refractivity contribution >= 4 is 16.6 Å². The molecule has 1 aromatic carbocycles. The first-order valence-electron chi connectivity index (χ1n) is 6.16. The van der Waals surface area contributed by atoms with Crippen molar-refractivity contribution in [3.63, 3.8) is 0 Å². The maximum atomic E-state index is 10.8. The predicted octanol–water partition coefficient (Wildman–Crippen LogP) is 2.77. The van der Waals surface area contributed by atoms with Crippen LogP contribution in [0.2, 0.25) is 0 Å². The SMILES string of the molecule is Cc1ccc(Cc2[nH]nc3ccc([N+](=O)[O-])cc23)cn1. The number of aromatic amines is 1. The fraction of sp³-hybridized carbons (Fsp3) is 0.143. The van der Waals surface area contributed by atoms with Gasteiger partial charge in [-0.05, 0) is 24.6 Å². The largest absolute Gasteiger partial charge is 0.281 e. The van der Waals surface area contributed by atoms with Crippen LogP contribution in [0.5, 0.6) is 0 Å². The van der Waals surface area contributed by atoms with Crippen LogP contribution >= 0.6 is 0 Å². The van der Waals surface area contributed by atoms with E-state index in [1.54, 1.807) is 18.3 Å². The summed E-state index contributed by atoms with van der Waals surface area (Å²) in [7, 11) is 0. The van der Waals surface area contributed by atoms with Gasteiger partial charge in [0.15, 0.2) is 0 Å². The standard InChI is InChI=1S/C14H12N4O2/c1-9-2-3-10(8-15-9)6-14-12-7-11(18(19)20)4-5-13(12)16-17-14/h2-5,7-8H,6H2,1H3,(H,16,17). The molecular formula is C14H12N4O2. The quantitative estimate of drug-likeness (QED) is 0.584. The molecule has 0 atom stereocenters. The van der Waals surface area contributed by atoms with Crippen LogP contribution in [0.25, 0.3) is 10.9 Å². The van der Waals surface area contributed by atoms with Gasteiger partial charge in [0, 0.05) is 41.5 Å². The van der Waals surface area contributed by atoms with E-state index in [1.165, 1.54) is 6.07 Å². The molecule has 20 heavy (non-hydrogen) atoms. The van der Waals surface area contributed by atoms with E-state index in [9.17, 15) is 10.1 Å². The van der Waals surface area contributed by atoms with Gasteiger partial charge in [0.2, 0.25) is 0 Å². The monoisotopic (exact) mass is 268 g/mol. The molecule has 1 N–H and O–H groups in total. The van der Waals surface area contributed by atoms with Gasteiger partial charge in [-0.15, -0.1) is 0 Å². The molecule has 0 saturated carbocycles. The Balaban J connectivity index is 2.00. The Labute approximate surface area is 114 Å². The number of benzene rings is 1. The molecule has 3 aromatic rings. The van der Waals surface area contributed by atoms with E-state index in [2.05, 4.69) is 15.2 Å². The molecule has 6 heteroatoms. The topological polar surface area (TPSA) is 84.7 Å². The number of nitrogens with one attached hydrogen (secondary N) is 1. The average molecular weight is 268 g/mol. The third-order valence-electron chi connectivity index (χ3n) is 3.18. The Morgan fingerprint density at radius 1 is 1.30 bits per heavy atom. The zero-order valence-electron chi connectivity index (χ0n) is 10.8. The number of nitro groups is 1. The summed E-state index contributed by atoms with van der Waals surface area (Å²) in [6.45, 7) is 1.93. The highest BCUT2D eigenvalue weighted by atomic mass is 16.6. The smallest absolute Gasteiger partial charge is 0.270 e. The van der Waals surface area contributed by atoms with Crippen LogP contribution in [-0.4, -0.2) is 20.1 Å². The van der Waals surface area contributed by atoms with Crippen molar-refractivity contribution in [3.8, 4) is 0 Å². The van der Waals surface area contributed by atoms with Crippen LogP contribution in [0, 0.1) is 17.0 Å². The lowest BCUT2D eigenvalue weighted by molar-refractivity contribution is -0.384. The summed E-state index contributed by atoms with van der Waals surface area (Å²) in [6.07, 6.45) is 2.42. The normalized spacial score (nSPS) is 10.8. The van der Waals surface area contributed by atoms with Gasteiger partial charge in [-0.2, -0.15) is 5.10 Å². The molecule has 0 amide bonds. The molecule has 0 radical (unpaired) electrons. The summed E-state index contributed by atoms with van der Waals surface area (Å²) in [5.41, 5.74) is 3.65. The van der Waals surface area contributed by atoms with Crippen molar-refractivity contribution in [2.45, 2.75) is 13.3 Å². The van der Waals surface area contributed by atoms with Crippen LogP contribution in [0.1, 0.15) is 17.0 Å². The van der Waals surface area contributed by atoms with Gasteiger partial charge >= 0.3 is 0 Å². The van der Waals surface area contributed by atoms with Gasteiger partial charge in [0.1, 0.15) is 0 Å². The van der Waals surface area contributed by atoms with Gasteiger partial charge in [0.25, 0.3) is 5.69 Å².